The van der Waals surface area contributed by atoms with Crippen LogP contribution in [0, 0.1) is 0 Å². The van der Waals surface area contributed by atoms with Gasteiger partial charge in [-0.2, -0.15) is 0 Å². The van der Waals surface area contributed by atoms with Crippen molar-refractivity contribution in [1.82, 2.24) is 4.98 Å². The van der Waals surface area contributed by atoms with Gasteiger partial charge in [-0.1, -0.05) is 0 Å². The number of aromatic nitrogens is 1. The summed E-state index contributed by atoms with van der Waals surface area (Å²) in [5.74, 6) is 0.996. The van der Waals surface area contributed by atoms with Crippen molar-refractivity contribution in [3.8, 4) is 5.75 Å². The summed E-state index contributed by atoms with van der Waals surface area (Å²) in [6, 6.07) is 3.50. The van der Waals surface area contributed by atoms with Gasteiger partial charge in [-0.15, -0.1) is 0 Å². The van der Waals surface area contributed by atoms with Gasteiger partial charge in [-0.05, 0) is 19.1 Å². The lowest BCUT2D eigenvalue weighted by Gasteiger charge is -2.05. The minimum Gasteiger partial charge on any atom is -0.495 e. The van der Waals surface area contributed by atoms with E-state index in [9.17, 15) is 4.79 Å². The second-order valence-electron chi connectivity index (χ2n) is 2.74. The first-order valence-electron chi connectivity index (χ1n) is 4.65. The lowest BCUT2D eigenvalue weighted by atomic mass is 10.4. The number of esters is 1. The Labute approximate surface area is 88.4 Å². The maximum atomic E-state index is 11.0. The molecule has 1 aromatic rings. The molecule has 0 aliphatic heterocycles. The molecule has 0 saturated heterocycles. The van der Waals surface area contributed by atoms with Crippen LogP contribution in [-0.4, -0.2) is 31.2 Å². The summed E-state index contributed by atoms with van der Waals surface area (Å²) in [6.07, 6.45) is 1.58. The Balaban J connectivity index is 2.40. The minimum atomic E-state index is -0.296. The number of anilines is 1. The number of hydrogen-bond acceptors (Lipinski definition) is 5. The largest absolute Gasteiger partial charge is 0.495 e. The van der Waals surface area contributed by atoms with Crippen LogP contribution >= 0.6 is 0 Å². The van der Waals surface area contributed by atoms with Crippen LogP contribution < -0.4 is 10.1 Å². The van der Waals surface area contributed by atoms with Gasteiger partial charge in [0.2, 0.25) is 0 Å². The first kappa shape index (κ1) is 11.3. The van der Waals surface area contributed by atoms with E-state index < -0.39 is 0 Å². The molecule has 0 radical (unpaired) electrons. The molecule has 82 valence electrons. The molecule has 1 N–H and O–H groups in total. The third-order valence-corrected chi connectivity index (χ3v) is 1.69. The van der Waals surface area contributed by atoms with Crippen molar-refractivity contribution in [2.24, 2.45) is 0 Å². The van der Waals surface area contributed by atoms with Gasteiger partial charge in [-0.3, -0.25) is 4.79 Å². The van der Waals surface area contributed by atoms with Crippen LogP contribution in [0.4, 0.5) is 5.82 Å². The van der Waals surface area contributed by atoms with Crippen molar-refractivity contribution in [2.75, 3.05) is 25.6 Å². The Morgan fingerprint density at radius 2 is 2.33 bits per heavy atom. The van der Waals surface area contributed by atoms with Crippen LogP contribution in [0.25, 0.3) is 0 Å². The quantitative estimate of drug-likeness (QED) is 0.736. The average molecular weight is 210 g/mol. The SMILES string of the molecule is CCOC(=O)CNc1ccc(OC)cn1. The van der Waals surface area contributed by atoms with Crippen LogP contribution in [-0.2, 0) is 9.53 Å². The fourth-order valence-corrected chi connectivity index (χ4v) is 0.980. The molecule has 0 aromatic carbocycles. The summed E-state index contributed by atoms with van der Waals surface area (Å²) < 4.78 is 9.71. The van der Waals surface area contributed by atoms with E-state index in [1.54, 1.807) is 32.4 Å². The van der Waals surface area contributed by atoms with E-state index in [0.29, 0.717) is 18.2 Å². The van der Waals surface area contributed by atoms with E-state index >= 15 is 0 Å². The zero-order valence-electron chi connectivity index (χ0n) is 8.82. The third-order valence-electron chi connectivity index (χ3n) is 1.69. The predicted molar refractivity (Wildman–Crippen MR) is 55.9 cm³/mol. The van der Waals surface area contributed by atoms with Gasteiger partial charge < -0.3 is 14.8 Å². The van der Waals surface area contributed by atoms with Crippen molar-refractivity contribution in [3.05, 3.63) is 18.3 Å². The lowest BCUT2D eigenvalue weighted by Crippen LogP contribution is -2.17. The number of nitrogens with zero attached hydrogens (tertiary/aromatic N) is 1. The number of rotatable bonds is 5. The molecule has 0 atom stereocenters. The smallest absolute Gasteiger partial charge is 0.325 e. The molecule has 0 amide bonds. The van der Waals surface area contributed by atoms with E-state index in [4.69, 9.17) is 9.47 Å². The zero-order chi connectivity index (χ0) is 11.1. The summed E-state index contributed by atoms with van der Waals surface area (Å²) in [5.41, 5.74) is 0. The number of pyridine rings is 1. The zero-order valence-corrected chi connectivity index (χ0v) is 8.82. The third kappa shape index (κ3) is 3.84. The molecule has 0 spiro atoms. The highest BCUT2D eigenvalue weighted by Crippen LogP contribution is 2.10. The van der Waals surface area contributed by atoms with Crippen molar-refractivity contribution in [2.45, 2.75) is 6.92 Å². The van der Waals surface area contributed by atoms with Crippen molar-refractivity contribution in [3.63, 3.8) is 0 Å². The Morgan fingerprint density at radius 1 is 1.53 bits per heavy atom. The Kier molecular flexibility index (Phi) is 4.40. The molecular weight excluding hydrogens is 196 g/mol. The van der Waals surface area contributed by atoms with Crippen LogP contribution in [0.2, 0.25) is 0 Å². The van der Waals surface area contributed by atoms with Gasteiger partial charge in [0.25, 0.3) is 0 Å². The van der Waals surface area contributed by atoms with Crippen molar-refractivity contribution < 1.29 is 14.3 Å². The van der Waals surface area contributed by atoms with Gasteiger partial charge in [0, 0.05) is 0 Å². The van der Waals surface area contributed by atoms with Crippen LogP contribution in [0.15, 0.2) is 18.3 Å². The van der Waals surface area contributed by atoms with E-state index in [-0.39, 0.29) is 12.5 Å². The molecule has 1 rings (SSSR count). The number of nitrogens with one attached hydrogen (secondary N) is 1. The molecular formula is C10H14N2O3. The topological polar surface area (TPSA) is 60.5 Å². The maximum absolute atomic E-state index is 11.0. The van der Waals surface area contributed by atoms with Crippen molar-refractivity contribution >= 4 is 11.8 Å². The summed E-state index contributed by atoms with van der Waals surface area (Å²) >= 11 is 0. The molecule has 0 saturated carbocycles. The minimum absolute atomic E-state index is 0.118. The van der Waals surface area contributed by atoms with Gasteiger partial charge in [0.1, 0.15) is 18.1 Å². The number of methoxy groups -OCH3 is 1. The monoisotopic (exact) mass is 210 g/mol. The van der Waals surface area contributed by atoms with Gasteiger partial charge in [-0.25, -0.2) is 4.98 Å². The molecule has 5 nitrogen and oxygen atoms in total. The first-order valence-corrected chi connectivity index (χ1v) is 4.65. The summed E-state index contributed by atoms with van der Waals surface area (Å²) in [5, 5.41) is 2.84. The second-order valence-corrected chi connectivity index (χ2v) is 2.74. The van der Waals surface area contributed by atoms with Crippen molar-refractivity contribution in [1.29, 1.82) is 0 Å². The van der Waals surface area contributed by atoms with Gasteiger partial charge >= 0.3 is 5.97 Å². The van der Waals surface area contributed by atoms with Gasteiger partial charge in [0.15, 0.2) is 0 Å². The molecule has 0 unspecified atom stereocenters. The van der Waals surface area contributed by atoms with E-state index in [2.05, 4.69) is 10.3 Å². The highest BCUT2D eigenvalue weighted by Gasteiger charge is 2.01. The second kappa shape index (κ2) is 5.85. The highest BCUT2D eigenvalue weighted by molar-refractivity contribution is 5.74. The Hall–Kier alpha value is -1.78. The fraction of sp³-hybridized carbons (Fsp3) is 0.400. The molecule has 0 fully saturated rings. The molecule has 0 bridgehead atoms. The molecule has 1 heterocycles. The fourth-order valence-electron chi connectivity index (χ4n) is 0.980. The first-order chi connectivity index (χ1) is 7.26. The van der Waals surface area contributed by atoms with Crippen LogP contribution in [0.5, 0.6) is 5.75 Å². The summed E-state index contributed by atoms with van der Waals surface area (Å²) in [4.78, 5) is 15.0. The lowest BCUT2D eigenvalue weighted by molar-refractivity contribution is -0.140. The van der Waals surface area contributed by atoms with E-state index in [1.807, 2.05) is 0 Å². The molecule has 0 aliphatic carbocycles. The summed E-state index contributed by atoms with van der Waals surface area (Å²) in [6.45, 7) is 2.27. The molecule has 5 heteroatoms. The molecule has 0 aliphatic rings. The maximum Gasteiger partial charge on any atom is 0.325 e. The van der Waals surface area contributed by atoms with Crippen LogP contribution in [0.3, 0.4) is 0 Å². The van der Waals surface area contributed by atoms with E-state index in [1.165, 1.54) is 0 Å². The Morgan fingerprint density at radius 3 is 2.87 bits per heavy atom. The molecule has 15 heavy (non-hydrogen) atoms. The standard InChI is InChI=1S/C10H14N2O3/c1-3-15-10(13)7-12-9-5-4-8(14-2)6-11-9/h4-6H,3,7H2,1-2H3,(H,11,12). The molecule has 1 aromatic heterocycles. The number of hydrogen-bond donors (Lipinski definition) is 1. The predicted octanol–water partition coefficient (Wildman–Crippen LogP) is 1.07. The van der Waals surface area contributed by atoms with E-state index in [0.717, 1.165) is 0 Å². The number of carbonyl (C=O) groups excluding carboxylic acids is 1. The summed E-state index contributed by atoms with van der Waals surface area (Å²) in [7, 11) is 1.57. The number of ether oxygens (including phenoxy) is 2. The number of carbonyl (C=O) groups is 1. The van der Waals surface area contributed by atoms with Crippen LogP contribution in [0.1, 0.15) is 6.92 Å². The highest BCUT2D eigenvalue weighted by atomic mass is 16.5. The average Bonchev–Trinajstić information content (AvgIpc) is 2.27. The van der Waals surface area contributed by atoms with Gasteiger partial charge in [0.05, 0.1) is 19.9 Å². The Bertz CT molecular complexity index is 311. The normalized spacial score (nSPS) is 9.47.